The molecule has 5 heteroatoms. The SMILES string of the molecule is C/C=C\C=C(/CF)c1cnc(OCCCOC2CCCCC2)nc1. The number of hydrogen-bond donors (Lipinski definition) is 0. The molecule has 132 valence electrons. The Kier molecular flexibility index (Phi) is 8.46. The molecular weight excluding hydrogens is 307 g/mol. The first-order valence-corrected chi connectivity index (χ1v) is 8.78. The van der Waals surface area contributed by atoms with Gasteiger partial charge >= 0.3 is 6.01 Å². The van der Waals surface area contributed by atoms with E-state index in [0.29, 0.717) is 36.5 Å². The van der Waals surface area contributed by atoms with E-state index in [1.165, 1.54) is 32.1 Å². The standard InChI is InChI=1S/C19H27FN2O2/c1-2-3-8-16(13-20)17-14-21-19(22-15-17)24-12-7-11-23-18-9-5-4-6-10-18/h2-3,8,14-15,18H,4-7,9-13H2,1H3/b3-2-,16-8+. The fraction of sp³-hybridized carbons (Fsp3) is 0.579. The predicted octanol–water partition coefficient (Wildman–Crippen LogP) is 4.52. The molecule has 1 fully saturated rings. The maximum atomic E-state index is 13.0. The molecule has 1 heterocycles. The molecule has 0 atom stereocenters. The van der Waals surface area contributed by atoms with Gasteiger partial charge in [0.2, 0.25) is 0 Å². The number of ether oxygens (including phenoxy) is 2. The van der Waals surface area contributed by atoms with Crippen LogP contribution in [0.15, 0.2) is 30.6 Å². The molecule has 0 N–H and O–H groups in total. The van der Waals surface area contributed by atoms with Crippen LogP contribution in [0.1, 0.15) is 51.0 Å². The number of allylic oxidation sites excluding steroid dienone is 4. The Morgan fingerprint density at radius 2 is 1.96 bits per heavy atom. The number of halogens is 1. The van der Waals surface area contributed by atoms with E-state index < -0.39 is 6.67 Å². The number of alkyl halides is 1. The van der Waals surface area contributed by atoms with Gasteiger partial charge in [0.05, 0.1) is 19.3 Å². The Labute approximate surface area is 143 Å². The summed E-state index contributed by atoms with van der Waals surface area (Å²) in [5.41, 5.74) is 1.23. The third-order valence-corrected chi connectivity index (χ3v) is 4.06. The lowest BCUT2D eigenvalue weighted by Gasteiger charge is -2.21. The van der Waals surface area contributed by atoms with E-state index in [1.54, 1.807) is 24.5 Å². The van der Waals surface area contributed by atoms with E-state index in [-0.39, 0.29) is 0 Å². The van der Waals surface area contributed by atoms with Gasteiger partial charge in [-0.2, -0.15) is 0 Å². The van der Waals surface area contributed by atoms with Gasteiger partial charge in [-0.25, -0.2) is 14.4 Å². The van der Waals surface area contributed by atoms with Crippen molar-refractivity contribution < 1.29 is 13.9 Å². The molecule has 0 bridgehead atoms. The molecule has 0 spiro atoms. The molecule has 0 aliphatic heterocycles. The van der Waals surface area contributed by atoms with Crippen molar-refractivity contribution in [3.8, 4) is 6.01 Å². The van der Waals surface area contributed by atoms with Crippen LogP contribution >= 0.6 is 0 Å². The van der Waals surface area contributed by atoms with Crippen LogP contribution in [-0.4, -0.2) is 36.0 Å². The van der Waals surface area contributed by atoms with Gasteiger partial charge in [0.25, 0.3) is 0 Å². The van der Waals surface area contributed by atoms with E-state index in [0.717, 1.165) is 6.42 Å². The van der Waals surface area contributed by atoms with Crippen LogP contribution in [0.2, 0.25) is 0 Å². The van der Waals surface area contributed by atoms with Gasteiger partial charge in [0.1, 0.15) is 6.67 Å². The molecule has 0 radical (unpaired) electrons. The molecule has 0 saturated heterocycles. The summed E-state index contributed by atoms with van der Waals surface area (Å²) < 4.78 is 24.4. The monoisotopic (exact) mass is 334 g/mol. The second-order valence-corrected chi connectivity index (χ2v) is 5.94. The van der Waals surface area contributed by atoms with Gasteiger partial charge in [-0.1, -0.05) is 37.5 Å². The fourth-order valence-corrected chi connectivity index (χ4v) is 2.69. The Bertz CT molecular complexity index is 523. The summed E-state index contributed by atoms with van der Waals surface area (Å²) in [5.74, 6) is 0. The Balaban J connectivity index is 1.69. The average molecular weight is 334 g/mol. The zero-order chi connectivity index (χ0) is 17.0. The second kappa shape index (κ2) is 10.9. The van der Waals surface area contributed by atoms with Crippen molar-refractivity contribution in [2.75, 3.05) is 19.9 Å². The zero-order valence-corrected chi connectivity index (χ0v) is 14.4. The van der Waals surface area contributed by atoms with Crippen LogP contribution in [0.4, 0.5) is 4.39 Å². The van der Waals surface area contributed by atoms with Crippen LogP contribution in [0.3, 0.4) is 0 Å². The second-order valence-electron chi connectivity index (χ2n) is 5.94. The summed E-state index contributed by atoms with van der Waals surface area (Å²) in [6.07, 6.45) is 16.1. The van der Waals surface area contributed by atoms with Crippen molar-refractivity contribution >= 4 is 5.57 Å². The van der Waals surface area contributed by atoms with Crippen LogP contribution in [0.5, 0.6) is 6.01 Å². The summed E-state index contributed by atoms with van der Waals surface area (Å²) in [5, 5.41) is 0. The zero-order valence-electron chi connectivity index (χ0n) is 14.4. The van der Waals surface area contributed by atoms with Crippen LogP contribution in [0.25, 0.3) is 5.57 Å². The summed E-state index contributed by atoms with van der Waals surface area (Å²) in [6.45, 7) is 2.57. The van der Waals surface area contributed by atoms with E-state index >= 15 is 0 Å². The Morgan fingerprint density at radius 1 is 1.21 bits per heavy atom. The van der Waals surface area contributed by atoms with Crippen molar-refractivity contribution in [1.82, 2.24) is 9.97 Å². The molecular formula is C19H27FN2O2. The Hall–Kier alpha value is -1.75. The van der Waals surface area contributed by atoms with Gasteiger partial charge in [-0.05, 0) is 25.3 Å². The minimum atomic E-state index is -0.549. The predicted molar refractivity (Wildman–Crippen MR) is 93.7 cm³/mol. The maximum Gasteiger partial charge on any atom is 0.316 e. The summed E-state index contributed by atoms with van der Waals surface area (Å²) in [4.78, 5) is 8.27. The first-order chi connectivity index (χ1) is 11.8. The highest BCUT2D eigenvalue weighted by Gasteiger charge is 2.13. The summed E-state index contributed by atoms with van der Waals surface area (Å²) in [6, 6.07) is 0.320. The number of nitrogens with zero attached hydrogens (tertiary/aromatic N) is 2. The van der Waals surface area contributed by atoms with Gasteiger partial charge in [-0.3, -0.25) is 0 Å². The quantitative estimate of drug-likeness (QED) is 0.492. The van der Waals surface area contributed by atoms with Gasteiger partial charge in [0, 0.05) is 24.4 Å². The molecule has 0 aromatic carbocycles. The van der Waals surface area contributed by atoms with Crippen molar-refractivity contribution in [2.24, 2.45) is 0 Å². The van der Waals surface area contributed by atoms with Crippen LogP contribution < -0.4 is 4.74 Å². The highest BCUT2D eigenvalue weighted by molar-refractivity contribution is 5.66. The molecule has 1 aromatic heterocycles. The van der Waals surface area contributed by atoms with E-state index in [4.69, 9.17) is 9.47 Å². The largest absolute Gasteiger partial charge is 0.463 e. The number of aromatic nitrogens is 2. The fourth-order valence-electron chi connectivity index (χ4n) is 2.69. The number of hydrogen-bond acceptors (Lipinski definition) is 4. The molecule has 24 heavy (non-hydrogen) atoms. The normalized spacial score (nSPS) is 16.7. The van der Waals surface area contributed by atoms with Crippen molar-refractivity contribution in [2.45, 2.75) is 51.6 Å². The van der Waals surface area contributed by atoms with Crippen molar-refractivity contribution in [1.29, 1.82) is 0 Å². The third kappa shape index (κ3) is 6.40. The third-order valence-electron chi connectivity index (χ3n) is 4.06. The summed E-state index contributed by atoms with van der Waals surface area (Å²) >= 11 is 0. The maximum absolute atomic E-state index is 13.0. The minimum absolute atomic E-state index is 0.320. The molecule has 1 saturated carbocycles. The van der Waals surface area contributed by atoms with Crippen LogP contribution in [0, 0.1) is 0 Å². The van der Waals surface area contributed by atoms with E-state index in [2.05, 4.69) is 9.97 Å². The molecule has 1 aliphatic rings. The van der Waals surface area contributed by atoms with Crippen molar-refractivity contribution in [3.05, 3.63) is 36.2 Å². The topological polar surface area (TPSA) is 44.2 Å². The van der Waals surface area contributed by atoms with Gasteiger partial charge in [-0.15, -0.1) is 0 Å². The first kappa shape index (κ1) is 18.6. The highest BCUT2D eigenvalue weighted by Crippen LogP contribution is 2.20. The van der Waals surface area contributed by atoms with E-state index in [1.807, 2.05) is 13.0 Å². The van der Waals surface area contributed by atoms with Gasteiger partial charge in [0.15, 0.2) is 0 Å². The molecule has 2 rings (SSSR count). The highest BCUT2D eigenvalue weighted by atomic mass is 19.1. The molecule has 0 unspecified atom stereocenters. The lowest BCUT2D eigenvalue weighted by Crippen LogP contribution is -2.18. The molecule has 1 aromatic rings. The molecule has 4 nitrogen and oxygen atoms in total. The smallest absolute Gasteiger partial charge is 0.316 e. The molecule has 1 aliphatic carbocycles. The average Bonchev–Trinajstić information content (AvgIpc) is 2.64. The Morgan fingerprint density at radius 3 is 2.62 bits per heavy atom. The number of rotatable bonds is 9. The van der Waals surface area contributed by atoms with Crippen molar-refractivity contribution in [3.63, 3.8) is 0 Å². The lowest BCUT2D eigenvalue weighted by atomic mass is 9.98. The van der Waals surface area contributed by atoms with Gasteiger partial charge < -0.3 is 9.47 Å². The summed E-state index contributed by atoms with van der Waals surface area (Å²) in [7, 11) is 0. The van der Waals surface area contributed by atoms with E-state index in [9.17, 15) is 4.39 Å². The molecule has 0 amide bonds. The first-order valence-electron chi connectivity index (χ1n) is 8.78. The lowest BCUT2D eigenvalue weighted by molar-refractivity contribution is 0.0222. The minimum Gasteiger partial charge on any atom is -0.463 e. The van der Waals surface area contributed by atoms with Crippen LogP contribution in [-0.2, 0) is 4.74 Å².